The Morgan fingerprint density at radius 2 is 1.93 bits per heavy atom. The summed E-state index contributed by atoms with van der Waals surface area (Å²) in [5.41, 5.74) is 1.42. The Labute approximate surface area is 93.3 Å². The Balaban J connectivity index is 2.06. The van der Waals surface area contributed by atoms with Crippen LogP contribution in [-0.2, 0) is 0 Å². The largest absolute Gasteiger partial charge is 0.396 e. The fraction of sp³-hybridized carbons (Fsp3) is 0.500. The van der Waals surface area contributed by atoms with Crippen LogP contribution >= 0.6 is 15.9 Å². The Morgan fingerprint density at radius 3 is 2.50 bits per heavy atom. The molecule has 0 spiro atoms. The highest BCUT2D eigenvalue weighted by Crippen LogP contribution is 2.38. The van der Waals surface area contributed by atoms with Crippen molar-refractivity contribution < 1.29 is 5.11 Å². The van der Waals surface area contributed by atoms with Crippen molar-refractivity contribution in [2.45, 2.75) is 25.2 Å². The van der Waals surface area contributed by atoms with Crippen LogP contribution in [0.1, 0.15) is 30.7 Å². The maximum absolute atomic E-state index is 9.07. The predicted octanol–water partition coefficient (Wildman–Crippen LogP) is 3.33. The van der Waals surface area contributed by atoms with Gasteiger partial charge in [-0.25, -0.2) is 0 Å². The molecule has 2 heteroatoms. The van der Waals surface area contributed by atoms with Crippen LogP contribution < -0.4 is 0 Å². The zero-order chi connectivity index (χ0) is 9.97. The smallest absolute Gasteiger partial charge is 0.0459 e. The second-order valence-corrected chi connectivity index (χ2v) is 5.03. The van der Waals surface area contributed by atoms with E-state index in [1.165, 1.54) is 18.4 Å². The average Bonchev–Trinajstić information content (AvgIpc) is 2.67. The lowest BCUT2D eigenvalue weighted by molar-refractivity contribution is 0.229. The third-order valence-electron chi connectivity index (χ3n) is 3.14. The maximum atomic E-state index is 9.07. The molecule has 1 aliphatic rings. The first kappa shape index (κ1) is 10.2. The Bertz CT molecular complexity index is 294. The second kappa shape index (κ2) is 4.45. The summed E-state index contributed by atoms with van der Waals surface area (Å²) in [4.78, 5) is 0. The molecule has 0 aliphatic heterocycles. The Kier molecular flexibility index (Phi) is 3.24. The third kappa shape index (κ3) is 2.18. The van der Waals surface area contributed by atoms with Crippen LogP contribution in [0.3, 0.4) is 0 Å². The lowest BCUT2D eigenvalue weighted by atomic mass is 9.97. The summed E-state index contributed by atoms with van der Waals surface area (Å²) in [5, 5.41) is 9.07. The van der Waals surface area contributed by atoms with Crippen molar-refractivity contribution in [3.05, 3.63) is 34.3 Å². The molecule has 2 rings (SSSR count). The maximum Gasteiger partial charge on any atom is 0.0459 e. The number of rotatable bonds is 2. The van der Waals surface area contributed by atoms with E-state index in [1.54, 1.807) is 0 Å². The second-order valence-electron chi connectivity index (χ2n) is 4.11. The minimum atomic E-state index is 0.354. The molecule has 1 fully saturated rings. The van der Waals surface area contributed by atoms with E-state index in [0.717, 1.165) is 10.9 Å². The van der Waals surface area contributed by atoms with Crippen molar-refractivity contribution in [3.8, 4) is 0 Å². The molecule has 1 N–H and O–H groups in total. The van der Waals surface area contributed by atoms with Gasteiger partial charge >= 0.3 is 0 Å². The van der Waals surface area contributed by atoms with E-state index in [9.17, 15) is 0 Å². The van der Waals surface area contributed by atoms with Gasteiger partial charge in [0.05, 0.1) is 0 Å². The third-order valence-corrected chi connectivity index (χ3v) is 3.67. The topological polar surface area (TPSA) is 20.2 Å². The molecule has 0 bridgehead atoms. The van der Waals surface area contributed by atoms with E-state index in [0.29, 0.717) is 18.4 Å². The summed E-state index contributed by atoms with van der Waals surface area (Å²) in [6.45, 7) is 0.354. The number of aliphatic hydroxyl groups is 1. The summed E-state index contributed by atoms with van der Waals surface area (Å²) in [6.07, 6.45) is 3.56. The molecular formula is C12H15BrO. The fourth-order valence-corrected chi connectivity index (χ4v) is 2.54. The number of halogens is 1. The van der Waals surface area contributed by atoms with Gasteiger partial charge in [-0.2, -0.15) is 0 Å². The molecule has 0 saturated heterocycles. The number of aliphatic hydroxyl groups excluding tert-OH is 1. The molecule has 0 amide bonds. The Hall–Kier alpha value is -0.340. The van der Waals surface area contributed by atoms with E-state index in [-0.39, 0.29) is 0 Å². The highest BCUT2D eigenvalue weighted by Gasteiger charge is 2.24. The molecule has 0 radical (unpaired) electrons. The molecule has 76 valence electrons. The van der Waals surface area contributed by atoms with Crippen molar-refractivity contribution in [1.82, 2.24) is 0 Å². The van der Waals surface area contributed by atoms with Crippen molar-refractivity contribution in [2.24, 2.45) is 5.92 Å². The molecule has 1 aromatic carbocycles. The van der Waals surface area contributed by atoms with Crippen molar-refractivity contribution in [1.29, 1.82) is 0 Å². The summed E-state index contributed by atoms with van der Waals surface area (Å²) >= 11 is 3.44. The van der Waals surface area contributed by atoms with Crippen LogP contribution in [0.25, 0.3) is 0 Å². The first-order chi connectivity index (χ1) is 6.79. The lowest BCUT2D eigenvalue weighted by Gasteiger charge is -2.10. The van der Waals surface area contributed by atoms with Crippen LogP contribution in [0.2, 0.25) is 0 Å². The minimum Gasteiger partial charge on any atom is -0.396 e. The van der Waals surface area contributed by atoms with Gasteiger partial charge in [0, 0.05) is 11.1 Å². The summed E-state index contributed by atoms with van der Waals surface area (Å²) in [7, 11) is 0. The molecular weight excluding hydrogens is 240 g/mol. The highest BCUT2D eigenvalue weighted by atomic mass is 79.9. The monoisotopic (exact) mass is 254 g/mol. The van der Waals surface area contributed by atoms with Gasteiger partial charge in [0.25, 0.3) is 0 Å². The van der Waals surface area contributed by atoms with Crippen LogP contribution in [0, 0.1) is 5.92 Å². The molecule has 0 aromatic heterocycles. The van der Waals surface area contributed by atoms with Crippen LogP contribution in [0.15, 0.2) is 28.7 Å². The standard InChI is InChI=1S/C12H15BrO/c13-12-5-3-10(4-6-12)11-2-1-9(7-11)8-14/h3-6,9,11,14H,1-2,7-8H2/t9-,11+/m0/s1. The zero-order valence-corrected chi connectivity index (χ0v) is 9.70. The summed E-state index contributed by atoms with van der Waals surface area (Å²) in [6, 6.07) is 8.58. The van der Waals surface area contributed by atoms with Gasteiger partial charge in [-0.1, -0.05) is 28.1 Å². The molecule has 1 saturated carbocycles. The van der Waals surface area contributed by atoms with E-state index in [1.807, 2.05) is 0 Å². The van der Waals surface area contributed by atoms with Gasteiger partial charge < -0.3 is 5.11 Å². The average molecular weight is 255 g/mol. The molecule has 1 nitrogen and oxygen atoms in total. The SMILES string of the molecule is OC[C@H]1CC[C@@H](c2ccc(Br)cc2)C1. The van der Waals surface area contributed by atoms with Crippen molar-refractivity contribution in [2.75, 3.05) is 6.61 Å². The predicted molar refractivity (Wildman–Crippen MR) is 61.3 cm³/mol. The lowest BCUT2D eigenvalue weighted by Crippen LogP contribution is -2.00. The van der Waals surface area contributed by atoms with Gasteiger partial charge in [-0.05, 0) is 48.8 Å². The van der Waals surface area contributed by atoms with Crippen LogP contribution in [-0.4, -0.2) is 11.7 Å². The molecule has 14 heavy (non-hydrogen) atoms. The molecule has 2 atom stereocenters. The van der Waals surface area contributed by atoms with Crippen LogP contribution in [0.5, 0.6) is 0 Å². The van der Waals surface area contributed by atoms with Gasteiger partial charge in [0.1, 0.15) is 0 Å². The molecule has 1 aliphatic carbocycles. The van der Waals surface area contributed by atoms with Crippen LogP contribution in [0.4, 0.5) is 0 Å². The zero-order valence-electron chi connectivity index (χ0n) is 8.12. The first-order valence-corrected chi connectivity index (χ1v) is 5.95. The molecule has 1 aromatic rings. The normalized spacial score (nSPS) is 26.7. The van der Waals surface area contributed by atoms with Gasteiger partial charge in [-0.3, -0.25) is 0 Å². The molecule has 0 heterocycles. The first-order valence-electron chi connectivity index (χ1n) is 5.16. The molecule has 0 unspecified atom stereocenters. The van der Waals surface area contributed by atoms with Crippen molar-refractivity contribution >= 4 is 15.9 Å². The quantitative estimate of drug-likeness (QED) is 0.859. The Morgan fingerprint density at radius 1 is 1.21 bits per heavy atom. The van der Waals surface area contributed by atoms with Gasteiger partial charge in [0.2, 0.25) is 0 Å². The van der Waals surface area contributed by atoms with E-state index in [4.69, 9.17) is 5.11 Å². The summed E-state index contributed by atoms with van der Waals surface area (Å²) in [5.74, 6) is 1.20. The number of hydrogen-bond donors (Lipinski definition) is 1. The highest BCUT2D eigenvalue weighted by molar-refractivity contribution is 9.10. The fourth-order valence-electron chi connectivity index (χ4n) is 2.28. The number of benzene rings is 1. The summed E-state index contributed by atoms with van der Waals surface area (Å²) < 4.78 is 1.14. The van der Waals surface area contributed by atoms with Gasteiger partial charge in [-0.15, -0.1) is 0 Å². The van der Waals surface area contributed by atoms with E-state index >= 15 is 0 Å². The van der Waals surface area contributed by atoms with Crippen molar-refractivity contribution in [3.63, 3.8) is 0 Å². The minimum absolute atomic E-state index is 0.354. The van der Waals surface area contributed by atoms with E-state index in [2.05, 4.69) is 40.2 Å². The van der Waals surface area contributed by atoms with E-state index < -0.39 is 0 Å². The van der Waals surface area contributed by atoms with Gasteiger partial charge in [0.15, 0.2) is 0 Å². The number of hydrogen-bond acceptors (Lipinski definition) is 1.